The van der Waals surface area contributed by atoms with E-state index in [1.807, 2.05) is 41.0 Å². The second-order valence-electron chi connectivity index (χ2n) is 5.24. The van der Waals surface area contributed by atoms with Crippen LogP contribution in [0.5, 0.6) is 0 Å². The Kier molecular flexibility index (Phi) is 4.17. The summed E-state index contributed by atoms with van der Waals surface area (Å²) in [7, 11) is 0. The lowest BCUT2D eigenvalue weighted by atomic mass is 10.2. The number of pyridine rings is 2. The summed E-state index contributed by atoms with van der Waals surface area (Å²) in [5.41, 5.74) is 2.12. The average molecular weight is 368 g/mol. The van der Waals surface area contributed by atoms with E-state index in [4.69, 9.17) is 23.2 Å². The number of nitrogens with zero attached hydrogens (tertiary/aromatic N) is 5. The van der Waals surface area contributed by atoms with E-state index in [9.17, 15) is 0 Å². The van der Waals surface area contributed by atoms with Gasteiger partial charge in [0.25, 0.3) is 0 Å². The molecule has 0 N–H and O–H groups in total. The maximum absolute atomic E-state index is 6.19. The van der Waals surface area contributed by atoms with Gasteiger partial charge >= 0.3 is 0 Å². The molecule has 0 unspecified atom stereocenters. The number of rotatable bonds is 3. The molecular formula is C18H11Cl2N5. The van der Waals surface area contributed by atoms with Gasteiger partial charge in [-0.3, -0.25) is 14.5 Å². The summed E-state index contributed by atoms with van der Waals surface area (Å²) in [6.07, 6.45) is 3.42. The fourth-order valence-corrected chi connectivity index (χ4v) is 3.03. The summed E-state index contributed by atoms with van der Waals surface area (Å²) >= 11 is 12.4. The standard InChI is InChI=1S/C18H11Cl2N5/c19-12-9-13(20)11-14(10-12)25-17(15-5-1-3-7-21-15)23-24-18(25)16-6-2-4-8-22-16/h1-11H. The zero-order valence-corrected chi connectivity index (χ0v) is 14.4. The molecule has 25 heavy (non-hydrogen) atoms. The van der Waals surface area contributed by atoms with Crippen LogP contribution in [0.25, 0.3) is 28.7 Å². The number of hydrogen-bond acceptors (Lipinski definition) is 4. The van der Waals surface area contributed by atoms with Crippen molar-refractivity contribution in [2.24, 2.45) is 0 Å². The van der Waals surface area contributed by atoms with E-state index >= 15 is 0 Å². The maximum Gasteiger partial charge on any atom is 0.187 e. The molecule has 1 aromatic carbocycles. The highest BCUT2D eigenvalue weighted by atomic mass is 35.5. The van der Waals surface area contributed by atoms with Crippen LogP contribution in [-0.2, 0) is 0 Å². The molecule has 4 aromatic rings. The third kappa shape index (κ3) is 3.12. The molecule has 0 saturated heterocycles. The van der Waals surface area contributed by atoms with Crippen LogP contribution in [-0.4, -0.2) is 24.7 Å². The Balaban J connectivity index is 2.00. The van der Waals surface area contributed by atoms with Crippen LogP contribution in [0.4, 0.5) is 0 Å². The number of benzene rings is 1. The van der Waals surface area contributed by atoms with Gasteiger partial charge in [-0.15, -0.1) is 10.2 Å². The Morgan fingerprint density at radius 2 is 1.20 bits per heavy atom. The van der Waals surface area contributed by atoms with Crippen LogP contribution >= 0.6 is 23.2 Å². The van der Waals surface area contributed by atoms with E-state index in [0.717, 1.165) is 5.69 Å². The van der Waals surface area contributed by atoms with Gasteiger partial charge in [0.1, 0.15) is 11.4 Å². The third-order valence-electron chi connectivity index (χ3n) is 3.56. The van der Waals surface area contributed by atoms with Crippen molar-refractivity contribution in [2.75, 3.05) is 0 Å². The highest BCUT2D eigenvalue weighted by Gasteiger charge is 2.19. The molecule has 0 radical (unpaired) electrons. The van der Waals surface area contributed by atoms with Crippen molar-refractivity contribution in [1.29, 1.82) is 0 Å². The van der Waals surface area contributed by atoms with Crippen molar-refractivity contribution in [3.05, 3.63) is 77.0 Å². The van der Waals surface area contributed by atoms with Crippen LogP contribution in [0, 0.1) is 0 Å². The summed E-state index contributed by atoms with van der Waals surface area (Å²) in [5.74, 6) is 1.17. The topological polar surface area (TPSA) is 56.5 Å². The predicted octanol–water partition coefficient (Wildman–Crippen LogP) is 4.70. The van der Waals surface area contributed by atoms with Crippen molar-refractivity contribution >= 4 is 23.2 Å². The van der Waals surface area contributed by atoms with Gasteiger partial charge in [-0.2, -0.15) is 0 Å². The quantitative estimate of drug-likeness (QED) is 0.526. The van der Waals surface area contributed by atoms with E-state index in [0.29, 0.717) is 33.1 Å². The first kappa shape index (κ1) is 15.7. The average Bonchev–Trinajstić information content (AvgIpc) is 3.07. The van der Waals surface area contributed by atoms with Gasteiger partial charge in [0.15, 0.2) is 11.6 Å². The fourth-order valence-electron chi connectivity index (χ4n) is 2.52. The lowest BCUT2D eigenvalue weighted by molar-refractivity contribution is 1.05. The molecule has 7 heteroatoms. The Labute approximate surface area is 153 Å². The molecular weight excluding hydrogens is 357 g/mol. The van der Waals surface area contributed by atoms with E-state index in [-0.39, 0.29) is 0 Å². The Bertz CT molecular complexity index is 939. The first-order valence-electron chi connectivity index (χ1n) is 7.47. The predicted molar refractivity (Wildman–Crippen MR) is 97.8 cm³/mol. The van der Waals surface area contributed by atoms with Gasteiger partial charge in [0, 0.05) is 22.4 Å². The Morgan fingerprint density at radius 3 is 1.64 bits per heavy atom. The highest BCUT2D eigenvalue weighted by molar-refractivity contribution is 6.34. The molecule has 0 spiro atoms. The molecule has 3 heterocycles. The molecule has 5 nitrogen and oxygen atoms in total. The van der Waals surface area contributed by atoms with Crippen molar-refractivity contribution in [3.63, 3.8) is 0 Å². The maximum atomic E-state index is 6.19. The van der Waals surface area contributed by atoms with Gasteiger partial charge in [0.05, 0.1) is 5.69 Å². The SMILES string of the molecule is Clc1cc(Cl)cc(-n2c(-c3ccccn3)nnc2-c2ccccn2)c1. The van der Waals surface area contributed by atoms with E-state index in [2.05, 4.69) is 20.2 Å². The van der Waals surface area contributed by atoms with Gasteiger partial charge in [-0.05, 0) is 42.5 Å². The monoisotopic (exact) mass is 367 g/mol. The lowest BCUT2D eigenvalue weighted by Crippen LogP contribution is -2.02. The highest BCUT2D eigenvalue weighted by Crippen LogP contribution is 2.29. The van der Waals surface area contributed by atoms with Crippen LogP contribution in [0.15, 0.2) is 67.0 Å². The molecule has 0 aliphatic heterocycles. The van der Waals surface area contributed by atoms with Crippen LogP contribution in [0.2, 0.25) is 10.0 Å². The second-order valence-corrected chi connectivity index (χ2v) is 6.11. The summed E-state index contributed by atoms with van der Waals surface area (Å²) in [4.78, 5) is 8.75. The second kappa shape index (κ2) is 6.63. The van der Waals surface area contributed by atoms with Gasteiger partial charge < -0.3 is 0 Å². The zero-order valence-electron chi connectivity index (χ0n) is 12.8. The number of hydrogen-bond donors (Lipinski definition) is 0. The van der Waals surface area contributed by atoms with Crippen molar-refractivity contribution in [2.45, 2.75) is 0 Å². The summed E-state index contributed by atoms with van der Waals surface area (Å²) in [5, 5.41) is 9.69. The number of aromatic nitrogens is 5. The normalized spacial score (nSPS) is 10.8. The summed E-state index contributed by atoms with van der Waals surface area (Å²) in [6.45, 7) is 0. The largest absolute Gasteiger partial charge is 0.272 e. The minimum Gasteiger partial charge on any atom is -0.272 e. The minimum absolute atomic E-state index is 0.523. The first-order chi connectivity index (χ1) is 12.2. The molecule has 0 fully saturated rings. The molecule has 0 aliphatic rings. The number of halogens is 2. The summed E-state index contributed by atoms with van der Waals surface area (Å²) in [6, 6.07) is 16.5. The third-order valence-corrected chi connectivity index (χ3v) is 3.99. The Hall–Kier alpha value is -2.76. The lowest BCUT2D eigenvalue weighted by Gasteiger charge is -2.11. The minimum atomic E-state index is 0.523. The Morgan fingerprint density at radius 1 is 0.680 bits per heavy atom. The van der Waals surface area contributed by atoms with Crippen molar-refractivity contribution in [3.8, 4) is 28.7 Å². The molecule has 4 rings (SSSR count). The smallest absolute Gasteiger partial charge is 0.187 e. The fraction of sp³-hybridized carbons (Fsp3) is 0. The van der Waals surface area contributed by atoms with Crippen molar-refractivity contribution in [1.82, 2.24) is 24.7 Å². The van der Waals surface area contributed by atoms with E-state index in [1.54, 1.807) is 30.6 Å². The molecule has 122 valence electrons. The van der Waals surface area contributed by atoms with Gasteiger partial charge in [-0.1, -0.05) is 35.3 Å². The van der Waals surface area contributed by atoms with Crippen LogP contribution in [0.1, 0.15) is 0 Å². The molecule has 0 saturated carbocycles. The molecule has 0 amide bonds. The molecule has 0 aliphatic carbocycles. The van der Waals surface area contributed by atoms with E-state index < -0.39 is 0 Å². The van der Waals surface area contributed by atoms with Gasteiger partial charge in [-0.25, -0.2) is 0 Å². The van der Waals surface area contributed by atoms with Crippen molar-refractivity contribution < 1.29 is 0 Å². The molecule has 3 aromatic heterocycles. The summed E-state index contributed by atoms with van der Waals surface area (Å²) < 4.78 is 1.85. The molecule has 0 atom stereocenters. The molecule has 0 bridgehead atoms. The van der Waals surface area contributed by atoms with Gasteiger partial charge in [0.2, 0.25) is 0 Å². The van der Waals surface area contributed by atoms with Crippen LogP contribution < -0.4 is 0 Å². The van der Waals surface area contributed by atoms with E-state index in [1.165, 1.54) is 0 Å². The first-order valence-corrected chi connectivity index (χ1v) is 8.22. The zero-order chi connectivity index (χ0) is 17.2. The van der Waals surface area contributed by atoms with Crippen LogP contribution in [0.3, 0.4) is 0 Å².